The van der Waals surface area contributed by atoms with Crippen LogP contribution in [0.4, 0.5) is 0 Å². The van der Waals surface area contributed by atoms with Gasteiger partial charge in [-0.25, -0.2) is 0 Å². The van der Waals surface area contributed by atoms with E-state index in [1.807, 2.05) is 18.3 Å². The summed E-state index contributed by atoms with van der Waals surface area (Å²) in [6.07, 6.45) is 1.96. The molecule has 3 heteroatoms. The van der Waals surface area contributed by atoms with Gasteiger partial charge in [0.1, 0.15) is 0 Å². The molecule has 0 unspecified atom stereocenters. The van der Waals surface area contributed by atoms with Gasteiger partial charge in [-0.15, -0.1) is 0 Å². The molecule has 0 spiro atoms. The number of H-pyrrole nitrogens is 1. The first kappa shape index (κ1) is 7.43. The Hall–Kier alpha value is -0.220. The summed E-state index contributed by atoms with van der Waals surface area (Å²) in [7, 11) is 0. The van der Waals surface area contributed by atoms with Crippen molar-refractivity contribution in [2.24, 2.45) is 0 Å². The summed E-state index contributed by atoms with van der Waals surface area (Å²) in [6, 6.07) is 5.90. The first-order valence-electron chi connectivity index (χ1n) is 3.20. The van der Waals surface area contributed by atoms with E-state index in [0.717, 1.165) is 10.5 Å². The van der Waals surface area contributed by atoms with E-state index in [1.54, 1.807) is 0 Å². The molecule has 0 atom stereocenters. The Morgan fingerprint density at radius 2 is 2.18 bits per heavy atom. The van der Waals surface area contributed by atoms with Crippen LogP contribution in [0, 0.1) is 3.57 Å². The number of aromatic amines is 1. The lowest BCUT2D eigenvalue weighted by molar-refractivity contribution is 1.47. The number of halogens is 2. The van der Waals surface area contributed by atoms with Gasteiger partial charge in [0.25, 0.3) is 0 Å². The summed E-state index contributed by atoms with van der Waals surface area (Å²) >= 11 is 8.22. The van der Waals surface area contributed by atoms with Gasteiger partial charge in [0.2, 0.25) is 0 Å². The van der Waals surface area contributed by atoms with E-state index in [0.29, 0.717) is 0 Å². The van der Waals surface area contributed by atoms with Gasteiger partial charge in [-0.05, 0) is 28.7 Å². The number of rotatable bonds is 0. The van der Waals surface area contributed by atoms with Crippen molar-refractivity contribution in [1.82, 2.24) is 4.98 Å². The number of hydrogen-bond donors (Lipinski definition) is 1. The monoisotopic (exact) mass is 277 g/mol. The van der Waals surface area contributed by atoms with Gasteiger partial charge < -0.3 is 4.98 Å². The summed E-state index contributed by atoms with van der Waals surface area (Å²) < 4.78 is 1.21. The number of nitrogens with one attached hydrogen (secondary N) is 1. The molecule has 0 aliphatic carbocycles. The normalized spacial score (nSPS) is 10.7. The molecular weight excluding hydrogens is 272 g/mol. The molecule has 1 N–H and O–H groups in total. The highest BCUT2D eigenvalue weighted by Gasteiger charge is 2.01. The number of hydrogen-bond acceptors (Lipinski definition) is 0. The summed E-state index contributed by atoms with van der Waals surface area (Å²) in [5, 5.41) is 1.98. The molecule has 2 rings (SSSR count). The van der Waals surface area contributed by atoms with Gasteiger partial charge in [-0.1, -0.05) is 23.7 Å². The average molecular weight is 277 g/mol. The predicted octanol–water partition coefficient (Wildman–Crippen LogP) is 3.43. The van der Waals surface area contributed by atoms with Crippen LogP contribution >= 0.6 is 34.2 Å². The van der Waals surface area contributed by atoms with Crippen molar-refractivity contribution in [3.63, 3.8) is 0 Å². The molecule has 2 aromatic rings. The van der Waals surface area contributed by atoms with Crippen molar-refractivity contribution in [3.05, 3.63) is 33.0 Å². The van der Waals surface area contributed by atoms with Crippen LogP contribution in [0.25, 0.3) is 10.9 Å². The zero-order chi connectivity index (χ0) is 7.84. The number of aromatic nitrogens is 1. The van der Waals surface area contributed by atoms with E-state index in [-0.39, 0.29) is 0 Å². The van der Waals surface area contributed by atoms with Crippen LogP contribution in [0.3, 0.4) is 0 Å². The molecular formula is C8H5ClIN. The molecule has 0 fully saturated rings. The first-order valence-corrected chi connectivity index (χ1v) is 4.66. The Labute approximate surface area is 82.9 Å². The number of benzene rings is 1. The molecule has 0 radical (unpaired) electrons. The minimum absolute atomic E-state index is 0.783. The molecule has 0 bridgehead atoms. The third-order valence-electron chi connectivity index (χ3n) is 1.61. The van der Waals surface area contributed by atoms with Crippen LogP contribution in [0.2, 0.25) is 5.02 Å². The Kier molecular flexibility index (Phi) is 1.81. The third-order valence-corrected chi connectivity index (χ3v) is 2.82. The van der Waals surface area contributed by atoms with Crippen LogP contribution in [-0.2, 0) is 0 Å². The number of fused-ring (bicyclic) bond motifs is 1. The third kappa shape index (κ3) is 1.14. The molecule has 1 aromatic heterocycles. The van der Waals surface area contributed by atoms with Gasteiger partial charge >= 0.3 is 0 Å². The maximum absolute atomic E-state index is 5.94. The molecule has 11 heavy (non-hydrogen) atoms. The van der Waals surface area contributed by atoms with Crippen molar-refractivity contribution in [2.45, 2.75) is 0 Å². The zero-order valence-electron chi connectivity index (χ0n) is 5.57. The van der Waals surface area contributed by atoms with E-state index in [1.165, 1.54) is 8.96 Å². The van der Waals surface area contributed by atoms with Crippen molar-refractivity contribution in [1.29, 1.82) is 0 Å². The van der Waals surface area contributed by atoms with Crippen LogP contribution in [0.1, 0.15) is 0 Å². The Bertz CT molecular complexity index is 394. The van der Waals surface area contributed by atoms with E-state index >= 15 is 0 Å². The fourth-order valence-corrected chi connectivity index (χ4v) is 1.92. The molecule has 0 aliphatic heterocycles. The number of para-hydroxylation sites is 1. The quantitative estimate of drug-likeness (QED) is 0.710. The van der Waals surface area contributed by atoms with Crippen LogP contribution in [0.15, 0.2) is 24.4 Å². The summed E-state index contributed by atoms with van der Waals surface area (Å²) in [5.74, 6) is 0. The molecule has 1 heterocycles. The van der Waals surface area contributed by atoms with Crippen LogP contribution in [0.5, 0.6) is 0 Å². The van der Waals surface area contributed by atoms with E-state index < -0.39 is 0 Å². The highest BCUT2D eigenvalue weighted by atomic mass is 127. The molecule has 0 saturated heterocycles. The van der Waals surface area contributed by atoms with Gasteiger partial charge in [-0.2, -0.15) is 0 Å². The van der Waals surface area contributed by atoms with Gasteiger partial charge in [-0.3, -0.25) is 0 Å². The second-order valence-electron chi connectivity index (χ2n) is 2.30. The molecule has 1 aromatic carbocycles. The minimum atomic E-state index is 0.783. The van der Waals surface area contributed by atoms with Crippen LogP contribution < -0.4 is 0 Å². The summed E-state index contributed by atoms with van der Waals surface area (Å²) in [4.78, 5) is 3.12. The molecule has 0 aliphatic rings. The summed E-state index contributed by atoms with van der Waals surface area (Å²) in [5.41, 5.74) is 1.03. The van der Waals surface area contributed by atoms with E-state index in [9.17, 15) is 0 Å². The maximum atomic E-state index is 5.94. The van der Waals surface area contributed by atoms with Crippen molar-refractivity contribution >= 4 is 45.1 Å². The lowest BCUT2D eigenvalue weighted by atomic mass is 10.2. The lowest BCUT2D eigenvalue weighted by Gasteiger charge is -1.91. The van der Waals surface area contributed by atoms with Gasteiger partial charge in [0, 0.05) is 15.2 Å². The Morgan fingerprint density at radius 3 is 2.91 bits per heavy atom. The Balaban J connectivity index is 2.94. The molecule has 1 nitrogen and oxygen atoms in total. The zero-order valence-corrected chi connectivity index (χ0v) is 8.48. The standard InChI is InChI=1S/C8H5ClIN/c9-6-3-1-2-5-7(10)4-11-8(5)6/h1-4,11H. The molecule has 56 valence electrons. The second-order valence-corrected chi connectivity index (χ2v) is 3.87. The topological polar surface area (TPSA) is 15.8 Å². The fourth-order valence-electron chi connectivity index (χ4n) is 1.08. The lowest BCUT2D eigenvalue weighted by Crippen LogP contribution is -1.68. The van der Waals surface area contributed by atoms with Crippen molar-refractivity contribution in [3.8, 4) is 0 Å². The van der Waals surface area contributed by atoms with E-state index in [2.05, 4.69) is 33.6 Å². The van der Waals surface area contributed by atoms with E-state index in [4.69, 9.17) is 11.6 Å². The molecule has 0 saturated carbocycles. The Morgan fingerprint density at radius 1 is 1.36 bits per heavy atom. The smallest absolute Gasteiger partial charge is 0.0654 e. The highest BCUT2D eigenvalue weighted by Crippen LogP contribution is 2.25. The average Bonchev–Trinajstić information content (AvgIpc) is 2.35. The minimum Gasteiger partial charge on any atom is -0.359 e. The van der Waals surface area contributed by atoms with Crippen molar-refractivity contribution < 1.29 is 0 Å². The molecule has 0 amide bonds. The van der Waals surface area contributed by atoms with Gasteiger partial charge in [0.15, 0.2) is 0 Å². The van der Waals surface area contributed by atoms with Crippen LogP contribution in [-0.4, -0.2) is 4.98 Å². The second kappa shape index (κ2) is 2.68. The predicted molar refractivity (Wildman–Crippen MR) is 56.0 cm³/mol. The largest absolute Gasteiger partial charge is 0.359 e. The summed E-state index contributed by atoms with van der Waals surface area (Å²) in [6.45, 7) is 0. The van der Waals surface area contributed by atoms with Gasteiger partial charge in [0.05, 0.1) is 10.5 Å². The maximum Gasteiger partial charge on any atom is 0.0654 e. The first-order chi connectivity index (χ1) is 5.29. The highest BCUT2D eigenvalue weighted by molar-refractivity contribution is 14.1. The SMILES string of the molecule is Clc1cccc2c(I)c[nH]c12. The van der Waals surface area contributed by atoms with Crippen molar-refractivity contribution in [2.75, 3.05) is 0 Å². The fraction of sp³-hybridized carbons (Fsp3) is 0.